The van der Waals surface area contributed by atoms with Gasteiger partial charge in [-0.3, -0.25) is 9.98 Å². The van der Waals surface area contributed by atoms with Crippen molar-refractivity contribution in [1.82, 2.24) is 20.6 Å². The van der Waals surface area contributed by atoms with Gasteiger partial charge >= 0.3 is 0 Å². The highest BCUT2D eigenvalue weighted by Gasteiger charge is 2.00. The number of hydrogen-bond donors (Lipinski definition) is 3. The lowest BCUT2D eigenvalue weighted by molar-refractivity contribution is 0.797. The molecule has 3 rings (SSSR count). The first-order valence-corrected chi connectivity index (χ1v) is 8.29. The SMILES string of the molecule is CN=C(NCCNc1ccc2ccccc2n1)NCc1ccccn1.I. The molecule has 0 aliphatic rings. The van der Waals surface area contributed by atoms with E-state index in [9.17, 15) is 0 Å². The minimum Gasteiger partial charge on any atom is -0.368 e. The third kappa shape index (κ3) is 5.83. The summed E-state index contributed by atoms with van der Waals surface area (Å²) in [6.45, 7) is 2.12. The fourth-order valence-electron chi connectivity index (χ4n) is 2.43. The van der Waals surface area contributed by atoms with Crippen LogP contribution in [0.3, 0.4) is 0 Å². The van der Waals surface area contributed by atoms with Crippen LogP contribution in [0.15, 0.2) is 65.8 Å². The maximum Gasteiger partial charge on any atom is 0.191 e. The van der Waals surface area contributed by atoms with Crippen molar-refractivity contribution >= 4 is 46.7 Å². The summed E-state index contributed by atoms with van der Waals surface area (Å²) in [6, 6.07) is 18.0. The first-order valence-electron chi connectivity index (χ1n) is 8.29. The predicted molar refractivity (Wildman–Crippen MR) is 118 cm³/mol. The molecule has 0 unspecified atom stereocenters. The van der Waals surface area contributed by atoms with Crippen molar-refractivity contribution in [1.29, 1.82) is 0 Å². The lowest BCUT2D eigenvalue weighted by atomic mass is 10.2. The molecule has 3 N–H and O–H groups in total. The molecule has 3 aromatic rings. The molecule has 1 aromatic carbocycles. The molecule has 0 bridgehead atoms. The van der Waals surface area contributed by atoms with Gasteiger partial charge in [0, 0.05) is 31.7 Å². The van der Waals surface area contributed by atoms with E-state index in [4.69, 9.17) is 0 Å². The topological polar surface area (TPSA) is 74.2 Å². The molecule has 136 valence electrons. The number of aromatic nitrogens is 2. The first kappa shape index (κ1) is 19.9. The first-order chi connectivity index (χ1) is 12.3. The van der Waals surface area contributed by atoms with Gasteiger partial charge in [-0.25, -0.2) is 4.98 Å². The van der Waals surface area contributed by atoms with Crippen LogP contribution >= 0.6 is 24.0 Å². The average Bonchev–Trinajstić information content (AvgIpc) is 2.68. The van der Waals surface area contributed by atoms with E-state index in [-0.39, 0.29) is 24.0 Å². The van der Waals surface area contributed by atoms with Gasteiger partial charge in [0.25, 0.3) is 0 Å². The van der Waals surface area contributed by atoms with Crippen LogP contribution in [0.5, 0.6) is 0 Å². The summed E-state index contributed by atoms with van der Waals surface area (Å²) in [7, 11) is 1.76. The predicted octanol–water partition coefficient (Wildman–Crippen LogP) is 3.02. The van der Waals surface area contributed by atoms with Gasteiger partial charge in [-0.1, -0.05) is 24.3 Å². The third-order valence-corrected chi connectivity index (χ3v) is 3.71. The van der Waals surface area contributed by atoms with Crippen molar-refractivity contribution in [3.05, 3.63) is 66.5 Å². The standard InChI is InChI=1S/C19H22N6.HI/c1-20-19(24-14-16-7-4-5-11-21-16)23-13-12-22-18-10-9-15-6-2-3-8-17(15)25-18;/h2-11H,12-14H2,1H3,(H,22,25)(H2,20,23,24);1H. The Labute approximate surface area is 170 Å². The Bertz CT molecular complexity index is 838. The summed E-state index contributed by atoms with van der Waals surface area (Å²) < 4.78 is 0. The van der Waals surface area contributed by atoms with Crippen molar-refractivity contribution in [3.8, 4) is 0 Å². The van der Waals surface area contributed by atoms with Crippen LogP contribution in [-0.2, 0) is 6.54 Å². The summed E-state index contributed by atoms with van der Waals surface area (Å²) in [5.74, 6) is 1.62. The van der Waals surface area contributed by atoms with Gasteiger partial charge in [0.2, 0.25) is 0 Å². The van der Waals surface area contributed by atoms with Crippen molar-refractivity contribution < 1.29 is 0 Å². The summed E-state index contributed by atoms with van der Waals surface area (Å²) >= 11 is 0. The molecule has 0 spiro atoms. The molecule has 0 saturated heterocycles. The summed E-state index contributed by atoms with van der Waals surface area (Å²) in [5, 5.41) is 11.0. The maximum atomic E-state index is 4.60. The second kappa shape index (κ2) is 10.5. The molecule has 0 fully saturated rings. The second-order valence-corrected chi connectivity index (χ2v) is 5.49. The monoisotopic (exact) mass is 462 g/mol. The molecule has 0 aliphatic heterocycles. The summed E-state index contributed by atoms with van der Waals surface area (Å²) in [5.41, 5.74) is 1.97. The molecule has 2 aromatic heterocycles. The third-order valence-electron chi connectivity index (χ3n) is 3.71. The number of fused-ring (bicyclic) bond motifs is 1. The quantitative estimate of drug-likeness (QED) is 0.227. The van der Waals surface area contributed by atoms with Crippen LogP contribution in [0, 0.1) is 0 Å². The van der Waals surface area contributed by atoms with Crippen molar-refractivity contribution in [2.75, 3.05) is 25.5 Å². The van der Waals surface area contributed by atoms with Crippen LogP contribution in [-0.4, -0.2) is 36.1 Å². The number of hydrogen-bond acceptors (Lipinski definition) is 4. The van der Waals surface area contributed by atoms with E-state index >= 15 is 0 Å². The zero-order chi connectivity index (χ0) is 17.3. The van der Waals surface area contributed by atoms with Crippen LogP contribution < -0.4 is 16.0 Å². The lowest BCUT2D eigenvalue weighted by Gasteiger charge is -2.12. The average molecular weight is 462 g/mol. The molecule has 0 radical (unpaired) electrons. The Morgan fingerprint density at radius 3 is 2.62 bits per heavy atom. The molecule has 0 amide bonds. The number of nitrogens with zero attached hydrogens (tertiary/aromatic N) is 3. The molecule has 0 atom stereocenters. The van der Waals surface area contributed by atoms with Crippen LogP contribution in [0.2, 0.25) is 0 Å². The smallest absolute Gasteiger partial charge is 0.191 e. The zero-order valence-electron chi connectivity index (χ0n) is 14.6. The number of nitrogens with one attached hydrogen (secondary N) is 3. The minimum atomic E-state index is 0. The number of aliphatic imine (C=N–C) groups is 1. The van der Waals surface area contributed by atoms with Gasteiger partial charge in [-0.15, -0.1) is 24.0 Å². The lowest BCUT2D eigenvalue weighted by Crippen LogP contribution is -2.39. The fraction of sp³-hybridized carbons (Fsp3) is 0.211. The number of halogens is 1. The highest BCUT2D eigenvalue weighted by Crippen LogP contribution is 2.13. The van der Waals surface area contributed by atoms with E-state index in [2.05, 4.69) is 43.0 Å². The number of para-hydroxylation sites is 1. The number of anilines is 1. The van der Waals surface area contributed by atoms with Gasteiger partial charge in [-0.2, -0.15) is 0 Å². The minimum absolute atomic E-state index is 0. The number of rotatable bonds is 6. The Balaban J connectivity index is 0.00000243. The Morgan fingerprint density at radius 1 is 0.962 bits per heavy atom. The number of benzene rings is 1. The highest BCUT2D eigenvalue weighted by atomic mass is 127. The summed E-state index contributed by atoms with van der Waals surface area (Å²) in [4.78, 5) is 13.1. The molecule has 2 heterocycles. The Hall–Kier alpha value is -2.42. The zero-order valence-corrected chi connectivity index (χ0v) is 17.0. The highest BCUT2D eigenvalue weighted by molar-refractivity contribution is 14.0. The molecule has 0 saturated carbocycles. The van der Waals surface area contributed by atoms with E-state index in [1.54, 1.807) is 13.2 Å². The van der Waals surface area contributed by atoms with Crippen molar-refractivity contribution in [3.63, 3.8) is 0 Å². The van der Waals surface area contributed by atoms with Crippen molar-refractivity contribution in [2.45, 2.75) is 6.54 Å². The number of pyridine rings is 2. The normalized spacial score (nSPS) is 10.9. The van der Waals surface area contributed by atoms with E-state index in [0.29, 0.717) is 6.54 Å². The van der Waals surface area contributed by atoms with E-state index in [1.807, 2.05) is 42.5 Å². The fourth-order valence-corrected chi connectivity index (χ4v) is 2.43. The van der Waals surface area contributed by atoms with Crippen LogP contribution in [0.25, 0.3) is 10.9 Å². The van der Waals surface area contributed by atoms with Crippen LogP contribution in [0.4, 0.5) is 5.82 Å². The van der Waals surface area contributed by atoms with Gasteiger partial charge in [0.15, 0.2) is 5.96 Å². The second-order valence-electron chi connectivity index (χ2n) is 5.49. The van der Waals surface area contributed by atoms with Gasteiger partial charge in [0.05, 0.1) is 17.8 Å². The molecule has 7 heteroatoms. The van der Waals surface area contributed by atoms with E-state index in [0.717, 1.165) is 41.5 Å². The molecule has 26 heavy (non-hydrogen) atoms. The molecular weight excluding hydrogens is 439 g/mol. The molecular formula is C19H23IN6. The maximum absolute atomic E-state index is 4.60. The van der Waals surface area contributed by atoms with E-state index < -0.39 is 0 Å². The van der Waals surface area contributed by atoms with Crippen LogP contribution in [0.1, 0.15) is 5.69 Å². The van der Waals surface area contributed by atoms with Crippen molar-refractivity contribution in [2.24, 2.45) is 4.99 Å². The Morgan fingerprint density at radius 2 is 1.81 bits per heavy atom. The number of guanidine groups is 1. The molecule has 0 aliphatic carbocycles. The van der Waals surface area contributed by atoms with Gasteiger partial charge in [-0.05, 0) is 30.3 Å². The largest absolute Gasteiger partial charge is 0.368 e. The Kier molecular flexibility index (Phi) is 8.07. The summed E-state index contributed by atoms with van der Waals surface area (Å²) in [6.07, 6.45) is 1.79. The van der Waals surface area contributed by atoms with E-state index in [1.165, 1.54) is 0 Å². The molecule has 6 nitrogen and oxygen atoms in total. The van der Waals surface area contributed by atoms with Gasteiger partial charge in [0.1, 0.15) is 5.82 Å². The van der Waals surface area contributed by atoms with Gasteiger partial charge < -0.3 is 16.0 Å².